The minimum Gasteiger partial charge on any atom is -0.473 e. The number of allylic oxidation sites excluding steroid dienone is 8. The van der Waals surface area contributed by atoms with Gasteiger partial charge in [0, 0.05) is 11.1 Å². The zero-order valence-corrected chi connectivity index (χ0v) is 20.8. The quantitative estimate of drug-likeness (QED) is 0.266. The standard InChI is InChI=1S/C12H4Cl8O2.C6H10O/c13-5-1-3(7(15)9(17)11(5,19)21)4-2-6(14)12(20,22)10(18)8(4)16;1-3-5-7-6-4-2/h1-2,21-22H;3-6H,1-2H3/b4-3+;5-3-,6-4-. The average Bonchev–Trinajstić information content (AvgIpc) is 2.66. The smallest absolute Gasteiger partial charge is 0.213 e. The van der Waals surface area contributed by atoms with Crippen molar-refractivity contribution in [1.29, 1.82) is 0 Å². The van der Waals surface area contributed by atoms with Crippen molar-refractivity contribution in [2.45, 2.75) is 24.0 Å². The average molecular weight is 562 g/mol. The third-order valence-electron chi connectivity index (χ3n) is 3.33. The fraction of sp³-hybridized carbons (Fsp3) is 0.222. The molecule has 11 heteroatoms. The third kappa shape index (κ3) is 6.14. The van der Waals surface area contributed by atoms with E-state index < -0.39 is 10.1 Å². The first kappa shape index (κ1) is 27.3. The molecule has 160 valence electrons. The van der Waals surface area contributed by atoms with Gasteiger partial charge in [0.05, 0.1) is 42.7 Å². The molecule has 0 aromatic carbocycles. The molecule has 0 aromatic rings. The second-order valence-corrected chi connectivity index (χ2v) is 8.81. The van der Waals surface area contributed by atoms with Crippen LogP contribution < -0.4 is 0 Å². The summed E-state index contributed by atoms with van der Waals surface area (Å²) in [6, 6.07) is 0. The lowest BCUT2D eigenvalue weighted by atomic mass is 9.96. The van der Waals surface area contributed by atoms with Gasteiger partial charge in [-0.1, -0.05) is 105 Å². The molecule has 0 aromatic heterocycles. The van der Waals surface area contributed by atoms with E-state index in [1.54, 1.807) is 12.5 Å². The van der Waals surface area contributed by atoms with Gasteiger partial charge in [0.2, 0.25) is 10.1 Å². The maximum Gasteiger partial charge on any atom is 0.213 e. The van der Waals surface area contributed by atoms with Gasteiger partial charge in [-0.25, -0.2) is 0 Å². The number of halogens is 8. The van der Waals surface area contributed by atoms with E-state index in [9.17, 15) is 10.2 Å². The van der Waals surface area contributed by atoms with Crippen molar-refractivity contribution in [3.05, 3.63) is 78.2 Å². The van der Waals surface area contributed by atoms with E-state index in [2.05, 4.69) is 0 Å². The molecular weight excluding hydrogens is 548 g/mol. The van der Waals surface area contributed by atoms with Crippen molar-refractivity contribution < 1.29 is 14.9 Å². The Balaban J connectivity index is 0.000000516. The Morgan fingerprint density at radius 3 is 1.31 bits per heavy atom. The van der Waals surface area contributed by atoms with Gasteiger partial charge in [-0.2, -0.15) is 0 Å². The minimum atomic E-state index is -2.14. The summed E-state index contributed by atoms with van der Waals surface area (Å²) < 4.78 is 4.77. The van der Waals surface area contributed by atoms with E-state index in [0.29, 0.717) is 0 Å². The van der Waals surface area contributed by atoms with Crippen molar-refractivity contribution in [3.8, 4) is 0 Å². The van der Waals surface area contributed by atoms with Gasteiger partial charge in [-0.05, 0) is 26.0 Å². The highest BCUT2D eigenvalue weighted by atomic mass is 35.5. The normalized spacial score (nSPS) is 30.5. The predicted octanol–water partition coefficient (Wildman–Crippen LogP) is 7.86. The fourth-order valence-corrected chi connectivity index (χ4v) is 3.80. The van der Waals surface area contributed by atoms with E-state index in [1.807, 2.05) is 26.0 Å². The number of rotatable bonds is 2. The molecule has 0 spiro atoms. The number of ether oxygens (including phenoxy) is 1. The van der Waals surface area contributed by atoms with E-state index in [1.165, 1.54) is 12.2 Å². The SMILES string of the molecule is C/C=C\O/C=C\C.OC1(Cl)C(Cl)=C/C(=C2/C=C(Cl)C(O)(Cl)C(Cl)=C2Cl)C(Cl)=C1Cl. The van der Waals surface area contributed by atoms with Crippen LogP contribution in [0.25, 0.3) is 0 Å². The maximum absolute atomic E-state index is 9.95. The largest absolute Gasteiger partial charge is 0.473 e. The summed E-state index contributed by atoms with van der Waals surface area (Å²) in [5.41, 5.74) is 0.408. The topological polar surface area (TPSA) is 49.7 Å². The van der Waals surface area contributed by atoms with Gasteiger partial charge in [-0.3, -0.25) is 0 Å². The Bertz CT molecular complexity index is 804. The zero-order chi connectivity index (χ0) is 22.6. The highest BCUT2D eigenvalue weighted by Gasteiger charge is 2.42. The minimum absolute atomic E-state index is 0.109. The number of hydrogen-bond acceptors (Lipinski definition) is 3. The van der Waals surface area contributed by atoms with Crippen molar-refractivity contribution >= 4 is 92.8 Å². The van der Waals surface area contributed by atoms with Gasteiger partial charge < -0.3 is 14.9 Å². The van der Waals surface area contributed by atoms with Crippen LogP contribution in [0.15, 0.2) is 78.2 Å². The molecule has 3 nitrogen and oxygen atoms in total. The predicted molar refractivity (Wildman–Crippen MR) is 125 cm³/mol. The molecule has 2 aliphatic carbocycles. The van der Waals surface area contributed by atoms with Gasteiger partial charge in [-0.15, -0.1) is 0 Å². The summed E-state index contributed by atoms with van der Waals surface area (Å²) in [7, 11) is 0. The molecule has 0 saturated carbocycles. The van der Waals surface area contributed by atoms with Crippen LogP contribution in [0.1, 0.15) is 13.8 Å². The molecule has 2 aliphatic rings. The van der Waals surface area contributed by atoms with E-state index in [4.69, 9.17) is 97.5 Å². The Hall–Kier alpha value is 0.220. The van der Waals surface area contributed by atoms with Crippen LogP contribution in [0.4, 0.5) is 0 Å². The van der Waals surface area contributed by atoms with Crippen LogP contribution in [0.5, 0.6) is 0 Å². The Morgan fingerprint density at radius 1 is 0.724 bits per heavy atom. The number of aliphatic hydroxyl groups is 2. The van der Waals surface area contributed by atoms with Crippen LogP contribution in [-0.4, -0.2) is 20.3 Å². The maximum atomic E-state index is 9.95. The second kappa shape index (κ2) is 11.2. The summed E-state index contributed by atoms with van der Waals surface area (Å²) in [5, 5.41) is 14.3. The number of alkyl halides is 2. The van der Waals surface area contributed by atoms with Gasteiger partial charge in [0.15, 0.2) is 0 Å². The Kier molecular flexibility index (Phi) is 10.5. The molecule has 0 bridgehead atoms. The molecule has 0 aliphatic heterocycles. The molecule has 0 amide bonds. The third-order valence-corrected chi connectivity index (χ3v) is 7.18. The lowest BCUT2D eigenvalue weighted by Gasteiger charge is -2.29. The summed E-state index contributed by atoms with van der Waals surface area (Å²) in [4.78, 5) is 0. The van der Waals surface area contributed by atoms with Gasteiger partial charge >= 0.3 is 0 Å². The highest BCUT2D eigenvalue weighted by Crippen LogP contribution is 2.50. The van der Waals surface area contributed by atoms with E-state index in [0.717, 1.165) is 0 Å². The van der Waals surface area contributed by atoms with Gasteiger partial charge in [0.25, 0.3) is 0 Å². The van der Waals surface area contributed by atoms with Crippen molar-refractivity contribution in [2.75, 3.05) is 0 Å². The first-order valence-corrected chi connectivity index (χ1v) is 10.7. The van der Waals surface area contributed by atoms with E-state index >= 15 is 0 Å². The fourth-order valence-electron chi connectivity index (χ4n) is 1.90. The van der Waals surface area contributed by atoms with Crippen LogP contribution in [0.2, 0.25) is 0 Å². The summed E-state index contributed by atoms with van der Waals surface area (Å²) in [6.45, 7) is 3.81. The summed E-state index contributed by atoms with van der Waals surface area (Å²) >= 11 is 47.5. The molecule has 2 atom stereocenters. The summed E-state index contributed by atoms with van der Waals surface area (Å²) in [5.74, 6) is 0. The van der Waals surface area contributed by atoms with Crippen molar-refractivity contribution in [3.63, 3.8) is 0 Å². The van der Waals surface area contributed by atoms with Crippen molar-refractivity contribution in [2.24, 2.45) is 0 Å². The Morgan fingerprint density at radius 2 is 1.03 bits per heavy atom. The first-order valence-electron chi connectivity index (χ1n) is 7.66. The van der Waals surface area contributed by atoms with E-state index in [-0.39, 0.29) is 41.3 Å². The first-order chi connectivity index (χ1) is 13.3. The van der Waals surface area contributed by atoms with Crippen molar-refractivity contribution in [1.82, 2.24) is 0 Å². The molecule has 2 N–H and O–H groups in total. The molecule has 0 saturated heterocycles. The monoisotopic (exact) mass is 558 g/mol. The number of hydrogen-bond donors (Lipinski definition) is 2. The van der Waals surface area contributed by atoms with Crippen LogP contribution in [-0.2, 0) is 4.74 Å². The van der Waals surface area contributed by atoms with Crippen LogP contribution >= 0.6 is 92.8 Å². The van der Waals surface area contributed by atoms with Gasteiger partial charge in [0.1, 0.15) is 0 Å². The lowest BCUT2D eigenvalue weighted by Crippen LogP contribution is -2.27. The zero-order valence-electron chi connectivity index (χ0n) is 14.8. The second-order valence-electron chi connectivity index (χ2n) is 5.39. The molecule has 29 heavy (non-hydrogen) atoms. The highest BCUT2D eigenvalue weighted by molar-refractivity contribution is 6.52. The van der Waals surface area contributed by atoms with Crippen LogP contribution in [0, 0.1) is 0 Å². The molecule has 0 heterocycles. The molecule has 2 unspecified atom stereocenters. The lowest BCUT2D eigenvalue weighted by molar-refractivity contribution is 0.218. The molecule has 2 rings (SSSR count). The summed E-state index contributed by atoms with van der Waals surface area (Å²) in [6.07, 6.45) is 9.42. The van der Waals surface area contributed by atoms with Crippen LogP contribution in [0.3, 0.4) is 0 Å². The molecular formula is C18H14Cl8O3. The Labute approximate surface area is 208 Å². The molecule has 0 fully saturated rings. The molecule has 0 radical (unpaired) electrons.